The summed E-state index contributed by atoms with van der Waals surface area (Å²) in [5.74, 6) is -0.596. The molecule has 0 saturated carbocycles. The summed E-state index contributed by atoms with van der Waals surface area (Å²) >= 11 is 0. The van der Waals surface area contributed by atoms with E-state index < -0.39 is 16.0 Å². The predicted molar refractivity (Wildman–Crippen MR) is 60.8 cm³/mol. The Hall–Kier alpha value is -1.34. The average molecular weight is 261 g/mol. The maximum Gasteiger partial charge on any atom is 0.304 e. The van der Waals surface area contributed by atoms with Crippen molar-refractivity contribution in [1.82, 2.24) is 4.31 Å². The largest absolute Gasteiger partial charge is 0.481 e. The van der Waals surface area contributed by atoms with Crippen molar-refractivity contribution in [2.45, 2.75) is 19.9 Å². The molecule has 17 heavy (non-hydrogen) atoms. The molecule has 0 unspecified atom stereocenters. The molecule has 0 fully saturated rings. The number of carboxylic acid groups (broad SMARTS) is 1. The minimum absolute atomic E-state index is 0.0494. The van der Waals surface area contributed by atoms with E-state index in [2.05, 4.69) is 0 Å². The van der Waals surface area contributed by atoms with E-state index in [-0.39, 0.29) is 25.3 Å². The molecule has 0 aliphatic carbocycles. The highest BCUT2D eigenvalue weighted by atomic mass is 32.2. The van der Waals surface area contributed by atoms with Crippen LogP contribution in [0.25, 0.3) is 0 Å². The van der Waals surface area contributed by atoms with Gasteiger partial charge in [0.1, 0.15) is 5.76 Å². The molecule has 6 nitrogen and oxygen atoms in total. The first kappa shape index (κ1) is 13.7. The lowest BCUT2D eigenvalue weighted by molar-refractivity contribution is -0.137. The Kier molecular flexibility index (Phi) is 4.71. The number of furan rings is 1. The van der Waals surface area contributed by atoms with Gasteiger partial charge in [0.05, 0.1) is 25.0 Å². The van der Waals surface area contributed by atoms with Gasteiger partial charge in [-0.2, -0.15) is 4.31 Å². The molecule has 0 bridgehead atoms. The van der Waals surface area contributed by atoms with Crippen molar-refractivity contribution in [2.24, 2.45) is 0 Å². The minimum atomic E-state index is -3.42. The van der Waals surface area contributed by atoms with Crippen molar-refractivity contribution in [2.75, 3.05) is 12.3 Å². The normalized spacial score (nSPS) is 11.9. The molecule has 1 rings (SSSR count). The van der Waals surface area contributed by atoms with Crippen LogP contribution in [0.15, 0.2) is 22.8 Å². The molecule has 7 heteroatoms. The van der Waals surface area contributed by atoms with Gasteiger partial charge in [0.15, 0.2) is 0 Å². The molecule has 1 heterocycles. The molecule has 0 atom stereocenters. The summed E-state index contributed by atoms with van der Waals surface area (Å²) in [5.41, 5.74) is 0. The molecule has 0 saturated heterocycles. The third-order valence-corrected chi connectivity index (χ3v) is 4.07. The van der Waals surface area contributed by atoms with Gasteiger partial charge in [0.25, 0.3) is 0 Å². The molecule has 0 radical (unpaired) electrons. The lowest BCUT2D eigenvalue weighted by Crippen LogP contribution is -2.33. The zero-order valence-electron chi connectivity index (χ0n) is 9.50. The zero-order chi connectivity index (χ0) is 12.9. The summed E-state index contributed by atoms with van der Waals surface area (Å²) in [7, 11) is -3.42. The Morgan fingerprint density at radius 2 is 2.24 bits per heavy atom. The highest BCUT2D eigenvalue weighted by Gasteiger charge is 2.21. The molecule has 0 spiro atoms. The highest BCUT2D eigenvalue weighted by Crippen LogP contribution is 2.11. The summed E-state index contributed by atoms with van der Waals surface area (Å²) in [5, 5.41) is 8.58. The molecule has 96 valence electrons. The second-order valence-corrected chi connectivity index (χ2v) is 5.71. The van der Waals surface area contributed by atoms with Gasteiger partial charge in [0, 0.05) is 6.54 Å². The first-order chi connectivity index (χ1) is 7.95. The topological polar surface area (TPSA) is 87.8 Å². The van der Waals surface area contributed by atoms with E-state index in [9.17, 15) is 13.2 Å². The average Bonchev–Trinajstić information content (AvgIpc) is 2.76. The molecule has 0 aromatic carbocycles. The zero-order valence-corrected chi connectivity index (χ0v) is 10.3. The van der Waals surface area contributed by atoms with Crippen LogP contribution in [0.3, 0.4) is 0 Å². The summed E-state index contributed by atoms with van der Waals surface area (Å²) in [4.78, 5) is 10.5. The van der Waals surface area contributed by atoms with Crippen molar-refractivity contribution in [3.63, 3.8) is 0 Å². The first-order valence-corrected chi connectivity index (χ1v) is 6.78. The van der Waals surface area contributed by atoms with Gasteiger partial charge >= 0.3 is 5.97 Å². The van der Waals surface area contributed by atoms with Crippen molar-refractivity contribution < 1.29 is 22.7 Å². The van der Waals surface area contributed by atoms with Crippen LogP contribution >= 0.6 is 0 Å². The third kappa shape index (κ3) is 4.20. The van der Waals surface area contributed by atoms with Crippen LogP contribution in [0, 0.1) is 0 Å². The number of sulfonamides is 1. The Morgan fingerprint density at radius 1 is 1.53 bits per heavy atom. The molecule has 1 aromatic heterocycles. The predicted octanol–water partition coefficient (Wildman–Crippen LogP) is 0.906. The second-order valence-electron chi connectivity index (χ2n) is 3.46. The molecule has 0 aliphatic rings. The molecule has 0 aliphatic heterocycles. The number of nitrogens with zero attached hydrogens (tertiary/aromatic N) is 1. The van der Waals surface area contributed by atoms with Crippen molar-refractivity contribution in [1.29, 1.82) is 0 Å². The molecular formula is C10H15NO5S. The van der Waals surface area contributed by atoms with Gasteiger partial charge in [-0.25, -0.2) is 8.42 Å². The Morgan fingerprint density at radius 3 is 2.71 bits per heavy atom. The number of hydrogen-bond donors (Lipinski definition) is 1. The van der Waals surface area contributed by atoms with Crippen molar-refractivity contribution >= 4 is 16.0 Å². The number of aliphatic carboxylic acids is 1. The number of carbonyl (C=O) groups is 1. The van der Waals surface area contributed by atoms with Gasteiger partial charge < -0.3 is 9.52 Å². The molecule has 0 amide bonds. The molecule has 1 N–H and O–H groups in total. The summed E-state index contributed by atoms with van der Waals surface area (Å²) in [6, 6.07) is 3.31. The van der Waals surface area contributed by atoms with E-state index in [1.54, 1.807) is 12.1 Å². The van der Waals surface area contributed by atoms with Gasteiger partial charge in [-0.1, -0.05) is 0 Å². The van der Waals surface area contributed by atoms with Gasteiger partial charge in [0.2, 0.25) is 10.0 Å². The number of hydrogen-bond acceptors (Lipinski definition) is 4. The number of rotatable bonds is 7. The van der Waals surface area contributed by atoms with Crippen LogP contribution in [0.4, 0.5) is 0 Å². The van der Waals surface area contributed by atoms with E-state index in [1.165, 1.54) is 13.2 Å². The third-order valence-electron chi connectivity index (χ3n) is 2.25. The van der Waals surface area contributed by atoms with E-state index in [0.717, 1.165) is 4.31 Å². The smallest absolute Gasteiger partial charge is 0.304 e. The maximum absolute atomic E-state index is 11.7. The summed E-state index contributed by atoms with van der Waals surface area (Å²) in [6.45, 7) is 1.54. The fraction of sp³-hybridized carbons (Fsp3) is 0.500. The van der Waals surface area contributed by atoms with Crippen LogP contribution < -0.4 is 0 Å². The van der Waals surface area contributed by atoms with E-state index in [1.807, 2.05) is 0 Å². The van der Waals surface area contributed by atoms with Crippen LogP contribution in [0.2, 0.25) is 0 Å². The van der Waals surface area contributed by atoms with Gasteiger partial charge in [-0.3, -0.25) is 4.79 Å². The fourth-order valence-electron chi connectivity index (χ4n) is 1.30. The lowest BCUT2D eigenvalue weighted by atomic mass is 10.4. The van der Waals surface area contributed by atoms with Crippen LogP contribution in [-0.4, -0.2) is 36.1 Å². The Balaban J connectivity index is 2.76. The quantitative estimate of drug-likeness (QED) is 0.788. The molecular weight excluding hydrogens is 246 g/mol. The summed E-state index contributed by atoms with van der Waals surface area (Å²) in [6.07, 6.45) is 1.23. The Labute approximate surface area is 99.9 Å². The van der Waals surface area contributed by atoms with Gasteiger partial charge in [-0.15, -0.1) is 0 Å². The molecule has 1 aromatic rings. The van der Waals surface area contributed by atoms with Crippen molar-refractivity contribution in [3.8, 4) is 0 Å². The van der Waals surface area contributed by atoms with Gasteiger partial charge in [-0.05, 0) is 19.1 Å². The SMILES string of the molecule is CCS(=O)(=O)N(CCC(=O)O)Cc1ccco1. The van der Waals surface area contributed by atoms with E-state index in [4.69, 9.17) is 9.52 Å². The Bertz CT molecular complexity index is 451. The second kappa shape index (κ2) is 5.83. The standard InChI is InChI=1S/C10H15NO5S/c1-2-17(14,15)11(6-5-10(12)13)8-9-4-3-7-16-9/h3-4,7H,2,5-6,8H2,1H3,(H,12,13). The summed E-state index contributed by atoms with van der Waals surface area (Å²) < 4.78 is 29.6. The fourth-order valence-corrected chi connectivity index (χ4v) is 2.35. The van der Waals surface area contributed by atoms with E-state index >= 15 is 0 Å². The number of carboxylic acids is 1. The van der Waals surface area contributed by atoms with Crippen LogP contribution in [0.1, 0.15) is 19.1 Å². The highest BCUT2D eigenvalue weighted by molar-refractivity contribution is 7.89. The monoisotopic (exact) mass is 261 g/mol. The van der Waals surface area contributed by atoms with E-state index in [0.29, 0.717) is 5.76 Å². The van der Waals surface area contributed by atoms with Crippen LogP contribution in [-0.2, 0) is 21.4 Å². The van der Waals surface area contributed by atoms with Crippen LogP contribution in [0.5, 0.6) is 0 Å². The maximum atomic E-state index is 11.7. The first-order valence-electron chi connectivity index (χ1n) is 5.17. The van der Waals surface area contributed by atoms with Crippen molar-refractivity contribution in [3.05, 3.63) is 24.2 Å². The minimum Gasteiger partial charge on any atom is -0.481 e. The lowest BCUT2D eigenvalue weighted by Gasteiger charge is -2.19.